The highest BCUT2D eigenvalue weighted by molar-refractivity contribution is 9.10. The number of rotatable bonds is 4. The Labute approximate surface area is 141 Å². The van der Waals surface area contributed by atoms with E-state index < -0.39 is 0 Å². The molecule has 3 rings (SSSR count). The first-order valence-electron chi connectivity index (χ1n) is 7.12. The summed E-state index contributed by atoms with van der Waals surface area (Å²) in [5, 5.41) is 6.85. The van der Waals surface area contributed by atoms with Crippen molar-refractivity contribution >= 4 is 21.8 Å². The van der Waals surface area contributed by atoms with Crippen LogP contribution >= 0.6 is 15.9 Å². The van der Waals surface area contributed by atoms with Gasteiger partial charge in [-0.1, -0.05) is 33.2 Å². The van der Waals surface area contributed by atoms with Crippen molar-refractivity contribution < 1.29 is 13.7 Å². The van der Waals surface area contributed by atoms with Gasteiger partial charge in [0.25, 0.3) is 5.91 Å². The predicted octanol–water partition coefficient (Wildman–Crippen LogP) is 4.50. The Balaban J connectivity index is 1.84. The van der Waals surface area contributed by atoms with Gasteiger partial charge in [-0.3, -0.25) is 4.79 Å². The van der Waals surface area contributed by atoms with Gasteiger partial charge >= 0.3 is 0 Å². The molecule has 0 fully saturated rings. The van der Waals surface area contributed by atoms with Gasteiger partial charge in [-0.15, -0.1) is 0 Å². The summed E-state index contributed by atoms with van der Waals surface area (Å²) in [6, 6.07) is 11.1. The second-order valence-electron chi connectivity index (χ2n) is 5.20. The third-order valence-electron chi connectivity index (χ3n) is 3.55. The number of carbonyl (C=O) groups is 1. The van der Waals surface area contributed by atoms with Gasteiger partial charge in [0.15, 0.2) is 5.76 Å². The molecule has 0 bridgehead atoms. The molecule has 6 heteroatoms. The molecule has 0 saturated heterocycles. The van der Waals surface area contributed by atoms with Crippen LogP contribution in [-0.2, 0) is 0 Å². The van der Waals surface area contributed by atoms with Crippen LogP contribution in [0.3, 0.4) is 0 Å². The molecule has 0 radical (unpaired) electrons. The largest absolute Gasteiger partial charge is 0.461 e. The molecular weight excluding hydrogens is 360 g/mol. The number of aryl methyl sites for hydroxylation is 1. The van der Waals surface area contributed by atoms with E-state index in [0.717, 1.165) is 10.0 Å². The molecule has 5 nitrogen and oxygen atoms in total. The first-order valence-corrected chi connectivity index (χ1v) is 7.92. The molecule has 0 aliphatic heterocycles. The van der Waals surface area contributed by atoms with Gasteiger partial charge in [-0.25, -0.2) is 0 Å². The molecule has 0 aliphatic carbocycles. The Morgan fingerprint density at radius 3 is 2.65 bits per heavy atom. The van der Waals surface area contributed by atoms with Crippen molar-refractivity contribution in [2.45, 2.75) is 19.9 Å². The third kappa shape index (κ3) is 3.22. The number of nitrogens with zero attached hydrogens (tertiary/aromatic N) is 1. The van der Waals surface area contributed by atoms with Crippen molar-refractivity contribution in [3.63, 3.8) is 0 Å². The topological polar surface area (TPSA) is 68.3 Å². The summed E-state index contributed by atoms with van der Waals surface area (Å²) in [5.41, 5.74) is 1.93. The van der Waals surface area contributed by atoms with Crippen molar-refractivity contribution in [2.24, 2.45) is 0 Å². The second-order valence-corrected chi connectivity index (χ2v) is 6.11. The number of aromatic nitrogens is 1. The van der Waals surface area contributed by atoms with Gasteiger partial charge in [-0.05, 0) is 43.7 Å². The number of nitrogens with one attached hydrogen (secondary N) is 1. The summed E-state index contributed by atoms with van der Waals surface area (Å²) in [7, 11) is 0. The standard InChI is InChI=1S/C17H15BrN2O3/c1-10(12-5-7-13(18)8-6-12)19-17(21)15-11(2)20-23-16(15)14-4-3-9-22-14/h3-10H,1-2H3,(H,19,21)/t10-/m1/s1. The lowest BCUT2D eigenvalue weighted by molar-refractivity contribution is 0.0939. The van der Waals surface area contributed by atoms with Crippen LogP contribution in [0, 0.1) is 6.92 Å². The zero-order valence-electron chi connectivity index (χ0n) is 12.7. The molecule has 1 aromatic carbocycles. The maximum absolute atomic E-state index is 12.6. The highest BCUT2D eigenvalue weighted by Crippen LogP contribution is 2.27. The van der Waals surface area contributed by atoms with Crippen molar-refractivity contribution in [1.29, 1.82) is 0 Å². The number of benzene rings is 1. The molecule has 2 heterocycles. The van der Waals surface area contributed by atoms with Crippen molar-refractivity contribution in [3.8, 4) is 11.5 Å². The van der Waals surface area contributed by atoms with Gasteiger partial charge in [0, 0.05) is 4.47 Å². The summed E-state index contributed by atoms with van der Waals surface area (Å²) in [6.07, 6.45) is 1.53. The van der Waals surface area contributed by atoms with Crippen LogP contribution in [0.2, 0.25) is 0 Å². The number of amides is 1. The van der Waals surface area contributed by atoms with Crippen LogP contribution in [0.1, 0.15) is 34.6 Å². The van der Waals surface area contributed by atoms with E-state index in [1.54, 1.807) is 19.1 Å². The second kappa shape index (κ2) is 6.42. The van der Waals surface area contributed by atoms with Gasteiger partial charge in [0.1, 0.15) is 5.56 Å². The van der Waals surface area contributed by atoms with Crippen molar-refractivity contribution in [1.82, 2.24) is 10.5 Å². The molecule has 23 heavy (non-hydrogen) atoms. The van der Waals surface area contributed by atoms with E-state index in [-0.39, 0.29) is 11.9 Å². The maximum atomic E-state index is 12.6. The lowest BCUT2D eigenvalue weighted by Gasteiger charge is -2.14. The molecule has 3 aromatic rings. The number of carbonyl (C=O) groups excluding carboxylic acids is 1. The molecule has 0 saturated carbocycles. The van der Waals surface area contributed by atoms with Crippen LogP contribution in [0.5, 0.6) is 0 Å². The van der Waals surface area contributed by atoms with Crippen LogP contribution in [-0.4, -0.2) is 11.1 Å². The monoisotopic (exact) mass is 374 g/mol. The summed E-state index contributed by atoms with van der Waals surface area (Å²) >= 11 is 3.40. The number of furan rings is 1. The Kier molecular flexibility index (Phi) is 4.34. The van der Waals surface area contributed by atoms with E-state index in [0.29, 0.717) is 22.8 Å². The number of hydrogen-bond donors (Lipinski definition) is 1. The quantitative estimate of drug-likeness (QED) is 0.729. The predicted molar refractivity (Wildman–Crippen MR) is 89.0 cm³/mol. The van der Waals surface area contributed by atoms with E-state index in [9.17, 15) is 4.79 Å². The fourth-order valence-electron chi connectivity index (χ4n) is 2.32. The van der Waals surface area contributed by atoms with Crippen LogP contribution in [0.25, 0.3) is 11.5 Å². The maximum Gasteiger partial charge on any atom is 0.257 e. The van der Waals surface area contributed by atoms with Gasteiger partial charge in [0.2, 0.25) is 5.76 Å². The molecule has 1 atom stereocenters. The molecule has 0 unspecified atom stereocenters. The Bertz CT molecular complexity index is 807. The van der Waals surface area contributed by atoms with Gasteiger partial charge in [-0.2, -0.15) is 0 Å². The Morgan fingerprint density at radius 2 is 2.00 bits per heavy atom. The average molecular weight is 375 g/mol. The van der Waals surface area contributed by atoms with Crippen LogP contribution in [0.4, 0.5) is 0 Å². The summed E-state index contributed by atoms with van der Waals surface area (Å²) < 4.78 is 11.6. The van der Waals surface area contributed by atoms with Crippen molar-refractivity contribution in [3.05, 3.63) is 64.0 Å². The van der Waals surface area contributed by atoms with Crippen LogP contribution < -0.4 is 5.32 Å². The average Bonchev–Trinajstić information content (AvgIpc) is 3.16. The first kappa shape index (κ1) is 15.6. The van der Waals surface area contributed by atoms with Gasteiger partial charge in [0.05, 0.1) is 18.0 Å². The smallest absolute Gasteiger partial charge is 0.257 e. The van der Waals surface area contributed by atoms with Crippen molar-refractivity contribution in [2.75, 3.05) is 0 Å². The number of hydrogen-bond acceptors (Lipinski definition) is 4. The lowest BCUT2D eigenvalue weighted by Crippen LogP contribution is -2.27. The zero-order valence-corrected chi connectivity index (χ0v) is 14.3. The van der Waals surface area contributed by atoms with E-state index >= 15 is 0 Å². The fourth-order valence-corrected chi connectivity index (χ4v) is 2.58. The van der Waals surface area contributed by atoms with E-state index in [1.807, 2.05) is 31.2 Å². The normalized spacial score (nSPS) is 12.1. The fraction of sp³-hybridized carbons (Fsp3) is 0.176. The molecule has 0 aliphatic rings. The summed E-state index contributed by atoms with van der Waals surface area (Å²) in [5.74, 6) is 0.575. The van der Waals surface area contributed by atoms with Gasteiger partial charge < -0.3 is 14.3 Å². The molecule has 1 N–H and O–H groups in total. The Morgan fingerprint density at radius 1 is 1.26 bits per heavy atom. The molecule has 1 amide bonds. The van der Waals surface area contributed by atoms with E-state index in [2.05, 4.69) is 26.4 Å². The zero-order chi connectivity index (χ0) is 16.4. The minimum atomic E-state index is -0.245. The minimum Gasteiger partial charge on any atom is -0.461 e. The molecule has 2 aromatic heterocycles. The SMILES string of the molecule is Cc1noc(-c2ccco2)c1C(=O)N[C@H](C)c1ccc(Br)cc1. The van der Waals surface area contributed by atoms with E-state index in [1.165, 1.54) is 6.26 Å². The minimum absolute atomic E-state index is 0.144. The first-order chi connectivity index (χ1) is 11.1. The van der Waals surface area contributed by atoms with E-state index in [4.69, 9.17) is 8.94 Å². The molecule has 0 spiro atoms. The van der Waals surface area contributed by atoms with Crippen LogP contribution in [0.15, 0.2) is 56.1 Å². The highest BCUT2D eigenvalue weighted by atomic mass is 79.9. The highest BCUT2D eigenvalue weighted by Gasteiger charge is 2.24. The lowest BCUT2D eigenvalue weighted by atomic mass is 10.1. The Hall–Kier alpha value is -2.34. The summed E-state index contributed by atoms with van der Waals surface area (Å²) in [6.45, 7) is 3.66. The third-order valence-corrected chi connectivity index (χ3v) is 4.08. The molecular formula is C17H15BrN2O3. The molecule has 118 valence electrons. The number of halogens is 1. The summed E-state index contributed by atoms with van der Waals surface area (Å²) in [4.78, 5) is 12.6.